The molecule has 122 valence electrons. The highest BCUT2D eigenvalue weighted by atomic mass is 16.5. The molecule has 2 aliphatic rings. The number of methoxy groups -OCH3 is 1. The zero-order chi connectivity index (χ0) is 15.1. The number of amides is 1. The molecule has 3 atom stereocenters. The third-order valence-electron chi connectivity index (χ3n) is 4.16. The van der Waals surface area contributed by atoms with Crippen molar-refractivity contribution in [2.75, 3.05) is 40.0 Å². The molecule has 0 bridgehead atoms. The van der Waals surface area contributed by atoms with Gasteiger partial charge in [-0.25, -0.2) is 0 Å². The van der Waals surface area contributed by atoms with Gasteiger partial charge < -0.3 is 24.8 Å². The number of hydrogen-bond acceptors (Lipinski definition) is 5. The zero-order valence-electron chi connectivity index (χ0n) is 13.0. The minimum atomic E-state index is -0.507. The van der Waals surface area contributed by atoms with Crippen LogP contribution in [0.5, 0.6) is 0 Å². The van der Waals surface area contributed by atoms with E-state index in [1.165, 1.54) is 0 Å². The van der Waals surface area contributed by atoms with Gasteiger partial charge in [-0.2, -0.15) is 0 Å². The minimum Gasteiger partial charge on any atom is -0.385 e. The second-order valence-corrected chi connectivity index (χ2v) is 5.90. The summed E-state index contributed by atoms with van der Waals surface area (Å²) >= 11 is 0. The molecule has 6 nitrogen and oxygen atoms in total. The lowest BCUT2D eigenvalue weighted by atomic mass is 10.1. The molecule has 6 heteroatoms. The van der Waals surface area contributed by atoms with Gasteiger partial charge in [0.25, 0.3) is 0 Å². The van der Waals surface area contributed by atoms with Gasteiger partial charge in [0.1, 0.15) is 0 Å². The van der Waals surface area contributed by atoms with E-state index in [4.69, 9.17) is 19.9 Å². The first-order valence-corrected chi connectivity index (χ1v) is 7.97. The molecule has 0 saturated carbocycles. The first-order chi connectivity index (χ1) is 10.2. The molecule has 3 unspecified atom stereocenters. The number of carbonyl (C=O) groups excluding carboxylic acids is 1. The lowest BCUT2D eigenvalue weighted by Crippen LogP contribution is -2.49. The molecule has 0 radical (unpaired) electrons. The van der Waals surface area contributed by atoms with Gasteiger partial charge in [-0.05, 0) is 32.1 Å². The molecular formula is C15H28N2O4. The van der Waals surface area contributed by atoms with E-state index in [1.54, 1.807) is 7.11 Å². The van der Waals surface area contributed by atoms with E-state index < -0.39 is 6.04 Å². The fraction of sp³-hybridized carbons (Fsp3) is 0.933. The summed E-state index contributed by atoms with van der Waals surface area (Å²) in [5.41, 5.74) is 6.00. The molecule has 0 aliphatic carbocycles. The van der Waals surface area contributed by atoms with Crippen LogP contribution in [-0.4, -0.2) is 69.1 Å². The summed E-state index contributed by atoms with van der Waals surface area (Å²) in [4.78, 5) is 14.4. The molecule has 2 fully saturated rings. The van der Waals surface area contributed by atoms with Gasteiger partial charge in [0.05, 0.1) is 18.2 Å². The summed E-state index contributed by atoms with van der Waals surface area (Å²) in [6.45, 7) is 3.34. The summed E-state index contributed by atoms with van der Waals surface area (Å²) in [5.74, 6) is -0.0157. The van der Waals surface area contributed by atoms with Gasteiger partial charge in [0.15, 0.2) is 0 Å². The topological polar surface area (TPSA) is 74.0 Å². The smallest absolute Gasteiger partial charge is 0.239 e. The van der Waals surface area contributed by atoms with Crippen molar-refractivity contribution in [3.63, 3.8) is 0 Å². The Bertz CT molecular complexity index is 297. The van der Waals surface area contributed by atoms with E-state index >= 15 is 0 Å². The molecule has 0 aromatic rings. The Kier molecular flexibility index (Phi) is 6.89. The van der Waals surface area contributed by atoms with Crippen molar-refractivity contribution in [1.82, 2.24) is 4.90 Å². The summed E-state index contributed by atoms with van der Waals surface area (Å²) < 4.78 is 16.3. The molecular weight excluding hydrogens is 272 g/mol. The lowest BCUT2D eigenvalue weighted by molar-refractivity contribution is -0.136. The van der Waals surface area contributed by atoms with Crippen LogP contribution in [0.1, 0.15) is 32.1 Å². The Morgan fingerprint density at radius 1 is 1.24 bits per heavy atom. The first-order valence-electron chi connectivity index (χ1n) is 7.97. The average Bonchev–Trinajstić information content (AvgIpc) is 3.16. The molecule has 1 amide bonds. The maximum Gasteiger partial charge on any atom is 0.239 e. The SMILES string of the molecule is COCCC(N)C(=O)N(CC1CCCO1)CC1CCCO1. The fourth-order valence-electron chi connectivity index (χ4n) is 2.93. The number of hydrogen-bond donors (Lipinski definition) is 1. The van der Waals surface area contributed by atoms with E-state index in [0.717, 1.165) is 38.9 Å². The Hall–Kier alpha value is -0.690. The van der Waals surface area contributed by atoms with Gasteiger partial charge in [-0.15, -0.1) is 0 Å². The molecule has 0 spiro atoms. The van der Waals surface area contributed by atoms with Crippen molar-refractivity contribution in [3.05, 3.63) is 0 Å². The van der Waals surface area contributed by atoms with Crippen molar-refractivity contribution in [3.8, 4) is 0 Å². The first kappa shape index (κ1) is 16.7. The minimum absolute atomic E-state index is 0.0157. The van der Waals surface area contributed by atoms with E-state index in [-0.39, 0.29) is 18.1 Å². The molecule has 0 aromatic heterocycles. The zero-order valence-corrected chi connectivity index (χ0v) is 13.0. The molecule has 0 aromatic carbocycles. The van der Waals surface area contributed by atoms with Crippen molar-refractivity contribution >= 4 is 5.91 Å². The van der Waals surface area contributed by atoms with E-state index in [2.05, 4.69) is 0 Å². The van der Waals surface area contributed by atoms with Crippen molar-refractivity contribution in [2.24, 2.45) is 5.73 Å². The van der Waals surface area contributed by atoms with E-state index in [9.17, 15) is 4.79 Å². The summed E-state index contributed by atoms with van der Waals surface area (Å²) in [7, 11) is 1.62. The van der Waals surface area contributed by atoms with Crippen molar-refractivity contribution < 1.29 is 19.0 Å². The number of nitrogens with zero attached hydrogens (tertiary/aromatic N) is 1. The lowest BCUT2D eigenvalue weighted by Gasteiger charge is -2.30. The normalized spacial score (nSPS) is 27.0. The van der Waals surface area contributed by atoms with Gasteiger partial charge in [-0.3, -0.25) is 4.79 Å². The second-order valence-electron chi connectivity index (χ2n) is 5.90. The van der Waals surface area contributed by atoms with Crippen molar-refractivity contribution in [1.29, 1.82) is 0 Å². The van der Waals surface area contributed by atoms with Gasteiger partial charge in [0.2, 0.25) is 5.91 Å². The van der Waals surface area contributed by atoms with Crippen LogP contribution in [0.4, 0.5) is 0 Å². The second kappa shape index (κ2) is 8.68. The van der Waals surface area contributed by atoms with Crippen LogP contribution in [0.3, 0.4) is 0 Å². The third kappa shape index (κ3) is 5.21. The molecule has 2 saturated heterocycles. The average molecular weight is 300 g/mol. The van der Waals surface area contributed by atoms with Gasteiger partial charge in [0, 0.05) is 40.0 Å². The monoisotopic (exact) mass is 300 g/mol. The Morgan fingerprint density at radius 3 is 2.24 bits per heavy atom. The highest BCUT2D eigenvalue weighted by Crippen LogP contribution is 2.18. The molecule has 2 aliphatic heterocycles. The number of rotatable bonds is 8. The Labute approximate surface area is 126 Å². The maximum atomic E-state index is 12.6. The summed E-state index contributed by atoms with van der Waals surface area (Å²) in [6, 6.07) is -0.507. The largest absolute Gasteiger partial charge is 0.385 e. The van der Waals surface area contributed by atoms with Crippen LogP contribution in [0, 0.1) is 0 Å². The maximum absolute atomic E-state index is 12.6. The molecule has 2 heterocycles. The number of nitrogens with two attached hydrogens (primary N) is 1. The van der Waals surface area contributed by atoms with Crippen LogP contribution < -0.4 is 5.73 Å². The Morgan fingerprint density at radius 2 is 1.81 bits per heavy atom. The van der Waals surface area contributed by atoms with Crippen LogP contribution in [0.25, 0.3) is 0 Å². The van der Waals surface area contributed by atoms with E-state index in [0.29, 0.717) is 26.1 Å². The van der Waals surface area contributed by atoms with Crippen LogP contribution in [0.2, 0.25) is 0 Å². The highest BCUT2D eigenvalue weighted by Gasteiger charge is 2.29. The molecule has 21 heavy (non-hydrogen) atoms. The third-order valence-corrected chi connectivity index (χ3v) is 4.16. The summed E-state index contributed by atoms with van der Waals surface area (Å²) in [6.07, 6.45) is 5.01. The quantitative estimate of drug-likeness (QED) is 0.708. The number of carbonyl (C=O) groups is 1. The number of ether oxygens (including phenoxy) is 3. The van der Waals surface area contributed by atoms with E-state index in [1.807, 2.05) is 4.90 Å². The van der Waals surface area contributed by atoms with Gasteiger partial charge in [-0.1, -0.05) is 0 Å². The molecule has 2 rings (SSSR count). The van der Waals surface area contributed by atoms with Crippen molar-refractivity contribution in [2.45, 2.75) is 50.4 Å². The standard InChI is InChI=1S/C15H28N2O4/c1-19-9-6-14(16)15(18)17(10-12-4-2-7-20-12)11-13-5-3-8-21-13/h12-14H,2-11,16H2,1H3. The highest BCUT2D eigenvalue weighted by molar-refractivity contribution is 5.81. The fourth-order valence-corrected chi connectivity index (χ4v) is 2.93. The van der Waals surface area contributed by atoms with Crippen LogP contribution >= 0.6 is 0 Å². The predicted molar refractivity (Wildman–Crippen MR) is 79.0 cm³/mol. The van der Waals surface area contributed by atoms with Crippen LogP contribution in [0.15, 0.2) is 0 Å². The van der Waals surface area contributed by atoms with Crippen LogP contribution in [-0.2, 0) is 19.0 Å². The summed E-state index contributed by atoms with van der Waals surface area (Å²) in [5, 5.41) is 0. The predicted octanol–water partition coefficient (Wildman–Crippen LogP) is 0.537. The molecule has 2 N–H and O–H groups in total. The van der Waals surface area contributed by atoms with Gasteiger partial charge >= 0.3 is 0 Å². The Balaban J connectivity index is 1.90.